The molecule has 2 unspecified atom stereocenters. The van der Waals surface area contributed by atoms with Gasteiger partial charge in [-0.2, -0.15) is 0 Å². The standard InChI is InChI=1S/C12H17NO3/c1-3-16-11(9(2)14)12(15)13-10-7-5-4-6-8-10/h4-9,11,14H,3H2,1-2H3,(H,13,15). The summed E-state index contributed by atoms with van der Waals surface area (Å²) in [7, 11) is 0. The van der Waals surface area contributed by atoms with E-state index in [4.69, 9.17) is 4.74 Å². The number of anilines is 1. The molecule has 1 amide bonds. The molecule has 2 atom stereocenters. The third-order valence-electron chi connectivity index (χ3n) is 2.08. The number of amides is 1. The Morgan fingerprint density at radius 3 is 2.56 bits per heavy atom. The molecule has 1 aromatic carbocycles. The van der Waals surface area contributed by atoms with Gasteiger partial charge in [-0.15, -0.1) is 0 Å². The monoisotopic (exact) mass is 223 g/mol. The third-order valence-corrected chi connectivity index (χ3v) is 2.08. The van der Waals surface area contributed by atoms with E-state index in [2.05, 4.69) is 5.32 Å². The van der Waals surface area contributed by atoms with Gasteiger partial charge in [0.15, 0.2) is 6.10 Å². The molecule has 1 aromatic rings. The summed E-state index contributed by atoms with van der Waals surface area (Å²) in [4.78, 5) is 11.7. The van der Waals surface area contributed by atoms with E-state index >= 15 is 0 Å². The summed E-state index contributed by atoms with van der Waals surface area (Å²) >= 11 is 0. The van der Waals surface area contributed by atoms with Crippen LogP contribution < -0.4 is 5.32 Å². The van der Waals surface area contributed by atoms with Crippen molar-refractivity contribution in [3.8, 4) is 0 Å². The largest absolute Gasteiger partial charge is 0.390 e. The van der Waals surface area contributed by atoms with Gasteiger partial charge in [0.05, 0.1) is 6.10 Å². The van der Waals surface area contributed by atoms with Crippen LogP contribution in [0.4, 0.5) is 5.69 Å². The molecule has 88 valence electrons. The van der Waals surface area contributed by atoms with Gasteiger partial charge in [-0.25, -0.2) is 0 Å². The maximum atomic E-state index is 11.7. The van der Waals surface area contributed by atoms with E-state index in [1.807, 2.05) is 18.2 Å². The minimum atomic E-state index is -0.830. The Morgan fingerprint density at radius 1 is 1.44 bits per heavy atom. The number of benzene rings is 1. The molecule has 4 nitrogen and oxygen atoms in total. The fraction of sp³-hybridized carbons (Fsp3) is 0.417. The van der Waals surface area contributed by atoms with Gasteiger partial charge in [-0.3, -0.25) is 4.79 Å². The third kappa shape index (κ3) is 3.64. The summed E-state index contributed by atoms with van der Waals surface area (Å²) in [5, 5.41) is 12.1. The van der Waals surface area contributed by atoms with Crippen molar-refractivity contribution in [2.75, 3.05) is 11.9 Å². The fourth-order valence-corrected chi connectivity index (χ4v) is 1.35. The summed E-state index contributed by atoms with van der Waals surface area (Å²) in [6, 6.07) is 9.08. The molecule has 0 fully saturated rings. The first-order valence-corrected chi connectivity index (χ1v) is 5.30. The van der Waals surface area contributed by atoms with Crippen molar-refractivity contribution in [1.82, 2.24) is 0 Å². The average molecular weight is 223 g/mol. The van der Waals surface area contributed by atoms with Crippen LogP contribution in [-0.2, 0) is 9.53 Å². The Morgan fingerprint density at radius 2 is 2.06 bits per heavy atom. The van der Waals surface area contributed by atoms with Gasteiger partial charge in [0, 0.05) is 12.3 Å². The summed E-state index contributed by atoms with van der Waals surface area (Å²) in [6.07, 6.45) is -1.66. The second-order valence-electron chi connectivity index (χ2n) is 3.47. The van der Waals surface area contributed by atoms with Crippen LogP contribution in [0, 0.1) is 0 Å². The van der Waals surface area contributed by atoms with Crippen molar-refractivity contribution in [1.29, 1.82) is 0 Å². The van der Waals surface area contributed by atoms with Gasteiger partial charge in [0.2, 0.25) is 0 Å². The molecule has 0 aliphatic carbocycles. The van der Waals surface area contributed by atoms with Crippen LogP contribution in [-0.4, -0.2) is 29.8 Å². The maximum absolute atomic E-state index is 11.7. The number of hydrogen-bond donors (Lipinski definition) is 2. The SMILES string of the molecule is CCOC(C(=O)Nc1ccccc1)C(C)O. The molecule has 0 aliphatic rings. The zero-order chi connectivity index (χ0) is 12.0. The Kier molecular flexibility index (Phi) is 4.95. The number of rotatable bonds is 5. The van der Waals surface area contributed by atoms with Crippen molar-refractivity contribution in [3.63, 3.8) is 0 Å². The predicted molar refractivity (Wildman–Crippen MR) is 62.2 cm³/mol. The second kappa shape index (κ2) is 6.25. The number of carbonyl (C=O) groups excluding carboxylic acids is 1. The van der Waals surface area contributed by atoms with Crippen molar-refractivity contribution >= 4 is 11.6 Å². The van der Waals surface area contributed by atoms with Crippen LogP contribution in [0.1, 0.15) is 13.8 Å². The lowest BCUT2D eigenvalue weighted by atomic mass is 10.2. The minimum Gasteiger partial charge on any atom is -0.390 e. The molecule has 16 heavy (non-hydrogen) atoms. The molecule has 1 rings (SSSR count). The predicted octanol–water partition coefficient (Wildman–Crippen LogP) is 1.41. The molecular weight excluding hydrogens is 206 g/mol. The average Bonchev–Trinajstić information content (AvgIpc) is 2.26. The number of ether oxygens (including phenoxy) is 1. The second-order valence-corrected chi connectivity index (χ2v) is 3.47. The topological polar surface area (TPSA) is 58.6 Å². The van der Waals surface area contributed by atoms with E-state index in [1.165, 1.54) is 6.92 Å². The molecule has 0 spiro atoms. The first-order chi connectivity index (χ1) is 7.65. The van der Waals surface area contributed by atoms with Crippen molar-refractivity contribution in [3.05, 3.63) is 30.3 Å². The number of nitrogens with one attached hydrogen (secondary N) is 1. The lowest BCUT2D eigenvalue weighted by Gasteiger charge is -2.19. The van der Waals surface area contributed by atoms with Crippen LogP contribution in [0.2, 0.25) is 0 Å². The van der Waals surface area contributed by atoms with Crippen LogP contribution in [0.15, 0.2) is 30.3 Å². The molecule has 0 aromatic heterocycles. The highest BCUT2D eigenvalue weighted by molar-refractivity contribution is 5.94. The number of aliphatic hydroxyl groups is 1. The Bertz CT molecular complexity index is 324. The molecule has 0 heterocycles. The normalized spacial score (nSPS) is 14.2. The molecule has 0 saturated heterocycles. The highest BCUT2D eigenvalue weighted by Gasteiger charge is 2.23. The Balaban J connectivity index is 2.62. The van der Waals surface area contributed by atoms with Gasteiger partial charge in [-0.1, -0.05) is 18.2 Å². The molecule has 2 N–H and O–H groups in total. The molecule has 0 saturated carbocycles. The summed E-state index contributed by atoms with van der Waals surface area (Å²) in [5.41, 5.74) is 0.692. The highest BCUT2D eigenvalue weighted by atomic mass is 16.5. The van der Waals surface area contributed by atoms with E-state index in [0.717, 1.165) is 0 Å². The van der Waals surface area contributed by atoms with Crippen molar-refractivity contribution in [2.24, 2.45) is 0 Å². The van der Waals surface area contributed by atoms with Crippen molar-refractivity contribution in [2.45, 2.75) is 26.1 Å². The van der Waals surface area contributed by atoms with Crippen molar-refractivity contribution < 1.29 is 14.6 Å². The zero-order valence-corrected chi connectivity index (χ0v) is 9.51. The zero-order valence-electron chi connectivity index (χ0n) is 9.51. The number of para-hydroxylation sites is 1. The quantitative estimate of drug-likeness (QED) is 0.793. The van der Waals surface area contributed by atoms with Crippen LogP contribution >= 0.6 is 0 Å². The number of aliphatic hydroxyl groups excluding tert-OH is 1. The maximum Gasteiger partial charge on any atom is 0.256 e. The number of hydrogen-bond acceptors (Lipinski definition) is 3. The Hall–Kier alpha value is -1.39. The van der Waals surface area contributed by atoms with E-state index < -0.39 is 12.2 Å². The lowest BCUT2D eigenvalue weighted by molar-refractivity contribution is -0.133. The fourth-order valence-electron chi connectivity index (χ4n) is 1.35. The van der Waals surface area contributed by atoms with Gasteiger partial charge < -0.3 is 15.2 Å². The van der Waals surface area contributed by atoms with Gasteiger partial charge in [-0.05, 0) is 26.0 Å². The first-order valence-electron chi connectivity index (χ1n) is 5.30. The Labute approximate surface area is 95.2 Å². The van der Waals surface area contributed by atoms with Crippen LogP contribution in [0.3, 0.4) is 0 Å². The van der Waals surface area contributed by atoms with Crippen LogP contribution in [0.25, 0.3) is 0 Å². The molecular formula is C12H17NO3. The van der Waals surface area contributed by atoms with Gasteiger partial charge in [0.25, 0.3) is 5.91 Å². The van der Waals surface area contributed by atoms with E-state index in [0.29, 0.717) is 12.3 Å². The summed E-state index contributed by atoms with van der Waals surface area (Å²) < 4.78 is 5.18. The van der Waals surface area contributed by atoms with E-state index in [9.17, 15) is 9.90 Å². The molecule has 0 radical (unpaired) electrons. The summed E-state index contributed by atoms with van der Waals surface area (Å²) in [5.74, 6) is -0.331. The first kappa shape index (κ1) is 12.7. The van der Waals surface area contributed by atoms with Gasteiger partial charge in [0.1, 0.15) is 0 Å². The van der Waals surface area contributed by atoms with Gasteiger partial charge >= 0.3 is 0 Å². The highest BCUT2D eigenvalue weighted by Crippen LogP contribution is 2.08. The summed E-state index contributed by atoms with van der Waals surface area (Å²) in [6.45, 7) is 3.70. The molecule has 0 bridgehead atoms. The lowest BCUT2D eigenvalue weighted by Crippen LogP contribution is -2.38. The van der Waals surface area contributed by atoms with E-state index in [1.54, 1.807) is 19.1 Å². The van der Waals surface area contributed by atoms with E-state index in [-0.39, 0.29) is 5.91 Å². The smallest absolute Gasteiger partial charge is 0.256 e. The minimum absolute atomic E-state index is 0.331. The number of carbonyl (C=O) groups is 1. The molecule has 0 aliphatic heterocycles. The van der Waals surface area contributed by atoms with Crippen LogP contribution in [0.5, 0.6) is 0 Å². The molecule has 4 heteroatoms.